The van der Waals surface area contributed by atoms with Gasteiger partial charge < -0.3 is 5.32 Å². The predicted octanol–water partition coefficient (Wildman–Crippen LogP) is 6.46. The number of anilines is 2. The summed E-state index contributed by atoms with van der Waals surface area (Å²) < 4.78 is 41.1. The number of amides is 1. The Hall–Kier alpha value is -3.23. The van der Waals surface area contributed by atoms with Gasteiger partial charge in [-0.05, 0) is 84.5 Å². The third-order valence-corrected chi connectivity index (χ3v) is 8.50. The lowest BCUT2D eigenvalue weighted by Gasteiger charge is -2.19. The lowest BCUT2D eigenvalue weighted by Crippen LogP contribution is -2.26. The molecule has 0 spiro atoms. The number of rotatable bonds is 8. The van der Waals surface area contributed by atoms with Crippen LogP contribution in [0.5, 0.6) is 0 Å². The molecule has 0 unspecified atom stereocenters. The lowest BCUT2D eigenvalue weighted by atomic mass is 10.1. The van der Waals surface area contributed by atoms with Crippen LogP contribution in [0.15, 0.2) is 77.7 Å². The molecular formula is C26H25FN2O3S2. The first-order valence-corrected chi connectivity index (χ1v) is 13.2. The summed E-state index contributed by atoms with van der Waals surface area (Å²) in [4.78, 5) is 13.3. The molecule has 1 N–H and O–H groups in total. The van der Waals surface area contributed by atoms with Gasteiger partial charge in [-0.25, -0.2) is 12.8 Å². The first-order valence-electron chi connectivity index (χ1n) is 11.0. The molecule has 0 atom stereocenters. The Balaban J connectivity index is 1.52. The number of aryl methyl sites for hydroxylation is 1. The normalized spacial score (nSPS) is 11.5. The van der Waals surface area contributed by atoms with E-state index >= 15 is 0 Å². The van der Waals surface area contributed by atoms with Crippen molar-refractivity contribution in [3.8, 4) is 0 Å². The van der Waals surface area contributed by atoms with Crippen molar-refractivity contribution in [2.45, 2.75) is 31.1 Å². The highest BCUT2D eigenvalue weighted by Crippen LogP contribution is 2.31. The minimum Gasteiger partial charge on any atom is -0.321 e. The molecule has 1 aromatic heterocycles. The van der Waals surface area contributed by atoms with Crippen molar-refractivity contribution in [1.29, 1.82) is 0 Å². The number of carbonyl (C=O) groups is 1. The van der Waals surface area contributed by atoms with Crippen LogP contribution in [-0.2, 0) is 16.4 Å². The number of halogens is 1. The number of unbranched alkanes of at least 4 members (excludes halogenated alkanes) is 1. The number of benzene rings is 3. The Morgan fingerprint density at radius 2 is 1.71 bits per heavy atom. The summed E-state index contributed by atoms with van der Waals surface area (Å²) in [6, 6.07) is 19.6. The second-order valence-electron chi connectivity index (χ2n) is 8.01. The second kappa shape index (κ2) is 9.95. The van der Waals surface area contributed by atoms with Gasteiger partial charge in [0.25, 0.3) is 15.9 Å². The molecule has 4 rings (SSSR count). The van der Waals surface area contributed by atoms with E-state index < -0.39 is 15.8 Å². The second-order valence-corrected chi connectivity index (χ2v) is 11.1. The zero-order valence-electron chi connectivity index (χ0n) is 18.9. The van der Waals surface area contributed by atoms with E-state index in [9.17, 15) is 17.6 Å². The van der Waals surface area contributed by atoms with Crippen molar-refractivity contribution >= 4 is 48.7 Å². The van der Waals surface area contributed by atoms with Gasteiger partial charge >= 0.3 is 0 Å². The van der Waals surface area contributed by atoms with E-state index in [1.54, 1.807) is 24.3 Å². The van der Waals surface area contributed by atoms with E-state index in [1.807, 2.05) is 24.3 Å². The van der Waals surface area contributed by atoms with E-state index in [2.05, 4.69) is 12.2 Å². The van der Waals surface area contributed by atoms with Crippen LogP contribution in [-0.4, -0.2) is 21.4 Å². The SMILES string of the molecule is CCCCc1ccc(NC(=O)c2cc3cc(N(C)S(=O)(=O)c4ccc(F)cc4)ccc3s2)cc1. The summed E-state index contributed by atoms with van der Waals surface area (Å²) in [6.07, 6.45) is 3.30. The van der Waals surface area contributed by atoms with Crippen LogP contribution >= 0.6 is 11.3 Å². The highest BCUT2D eigenvalue weighted by atomic mass is 32.2. The largest absolute Gasteiger partial charge is 0.321 e. The van der Waals surface area contributed by atoms with Gasteiger partial charge in [0.1, 0.15) is 5.82 Å². The van der Waals surface area contributed by atoms with Crippen molar-refractivity contribution < 1.29 is 17.6 Å². The molecule has 4 aromatic rings. The molecule has 5 nitrogen and oxygen atoms in total. The number of nitrogens with zero attached hydrogens (tertiary/aromatic N) is 1. The van der Waals surface area contributed by atoms with Crippen molar-refractivity contribution in [3.05, 3.63) is 89.1 Å². The van der Waals surface area contributed by atoms with Gasteiger partial charge in [0.2, 0.25) is 0 Å². The zero-order valence-corrected chi connectivity index (χ0v) is 20.5. The van der Waals surface area contributed by atoms with Gasteiger partial charge in [0.05, 0.1) is 15.5 Å². The van der Waals surface area contributed by atoms with Crippen molar-refractivity contribution in [2.75, 3.05) is 16.7 Å². The topological polar surface area (TPSA) is 66.5 Å². The smallest absolute Gasteiger partial charge is 0.265 e. The van der Waals surface area contributed by atoms with Crippen molar-refractivity contribution in [2.24, 2.45) is 0 Å². The summed E-state index contributed by atoms with van der Waals surface area (Å²) in [5.41, 5.74) is 2.42. The summed E-state index contributed by atoms with van der Waals surface area (Å²) in [5, 5.41) is 3.69. The number of hydrogen-bond donors (Lipinski definition) is 1. The molecule has 3 aromatic carbocycles. The molecular weight excluding hydrogens is 471 g/mol. The van der Waals surface area contributed by atoms with Crippen molar-refractivity contribution in [3.63, 3.8) is 0 Å². The molecule has 0 aliphatic carbocycles. The fourth-order valence-corrected chi connectivity index (χ4v) is 5.70. The van der Waals surface area contributed by atoms with Crippen LogP contribution in [0.4, 0.5) is 15.8 Å². The lowest BCUT2D eigenvalue weighted by molar-refractivity contribution is 0.103. The Kier molecular flexibility index (Phi) is 7.00. The molecule has 34 heavy (non-hydrogen) atoms. The Morgan fingerprint density at radius 1 is 1.00 bits per heavy atom. The van der Waals surface area contributed by atoms with Crippen LogP contribution in [0.2, 0.25) is 0 Å². The molecule has 0 saturated heterocycles. The zero-order chi connectivity index (χ0) is 24.3. The fourth-order valence-electron chi connectivity index (χ4n) is 3.57. The van der Waals surface area contributed by atoms with Crippen molar-refractivity contribution in [1.82, 2.24) is 0 Å². The van der Waals surface area contributed by atoms with Gasteiger partial charge in [0.15, 0.2) is 0 Å². The van der Waals surface area contributed by atoms with Crippen LogP contribution in [0.1, 0.15) is 35.0 Å². The van der Waals surface area contributed by atoms with Crippen LogP contribution in [0.3, 0.4) is 0 Å². The summed E-state index contributed by atoms with van der Waals surface area (Å²) in [6.45, 7) is 2.16. The average molecular weight is 497 g/mol. The maximum absolute atomic E-state index is 13.2. The number of sulfonamides is 1. The monoisotopic (exact) mass is 496 g/mol. The van der Waals surface area contributed by atoms with E-state index in [1.165, 1.54) is 36.1 Å². The van der Waals surface area contributed by atoms with Gasteiger partial charge in [-0.15, -0.1) is 11.3 Å². The van der Waals surface area contributed by atoms with Crippen LogP contribution in [0, 0.1) is 5.82 Å². The Morgan fingerprint density at radius 3 is 2.38 bits per heavy atom. The van der Waals surface area contributed by atoms with Gasteiger partial charge in [-0.3, -0.25) is 9.10 Å². The molecule has 1 heterocycles. The Bertz CT molecular complexity index is 1410. The predicted molar refractivity (Wildman–Crippen MR) is 137 cm³/mol. The molecule has 0 aliphatic rings. The minimum absolute atomic E-state index is 0.00240. The third kappa shape index (κ3) is 5.13. The maximum atomic E-state index is 13.2. The standard InChI is InChI=1S/C26H25FN2O3S2/c1-3-4-5-18-6-10-21(11-7-18)28-26(30)25-17-19-16-22(12-15-24(19)33-25)29(2)34(31,32)23-13-8-20(27)9-14-23/h6-17H,3-5H2,1-2H3,(H,28,30). The number of thiophene rings is 1. The molecule has 8 heteroatoms. The third-order valence-electron chi connectivity index (χ3n) is 5.59. The molecule has 0 fully saturated rings. The van der Waals surface area contributed by atoms with E-state index in [4.69, 9.17) is 0 Å². The number of fused-ring (bicyclic) bond motifs is 1. The highest BCUT2D eigenvalue weighted by Gasteiger charge is 2.22. The highest BCUT2D eigenvalue weighted by molar-refractivity contribution is 7.92. The van der Waals surface area contributed by atoms with Gasteiger partial charge in [-0.1, -0.05) is 25.5 Å². The summed E-state index contributed by atoms with van der Waals surface area (Å²) in [5.74, 6) is -0.712. The average Bonchev–Trinajstić information content (AvgIpc) is 3.27. The minimum atomic E-state index is -3.85. The molecule has 0 saturated carbocycles. The fraction of sp³-hybridized carbons (Fsp3) is 0.192. The van der Waals surface area contributed by atoms with Crippen LogP contribution in [0.25, 0.3) is 10.1 Å². The first-order chi connectivity index (χ1) is 16.3. The maximum Gasteiger partial charge on any atom is 0.265 e. The van der Waals surface area contributed by atoms with E-state index in [0.29, 0.717) is 10.6 Å². The number of hydrogen-bond acceptors (Lipinski definition) is 4. The molecule has 0 aliphatic heterocycles. The summed E-state index contributed by atoms with van der Waals surface area (Å²) in [7, 11) is -2.40. The first kappa shape index (κ1) is 23.9. The quantitative estimate of drug-likeness (QED) is 0.304. The van der Waals surface area contributed by atoms with E-state index in [-0.39, 0.29) is 10.8 Å². The van der Waals surface area contributed by atoms with Gasteiger partial charge in [0, 0.05) is 17.4 Å². The van der Waals surface area contributed by atoms with Crippen LogP contribution < -0.4 is 9.62 Å². The summed E-state index contributed by atoms with van der Waals surface area (Å²) >= 11 is 1.34. The van der Waals surface area contributed by atoms with E-state index in [0.717, 1.165) is 51.5 Å². The molecule has 1 amide bonds. The molecule has 0 bridgehead atoms. The van der Waals surface area contributed by atoms with Gasteiger partial charge in [-0.2, -0.15) is 0 Å². The number of carbonyl (C=O) groups excluding carboxylic acids is 1. The number of nitrogens with one attached hydrogen (secondary N) is 1. The Labute approximate surface area is 202 Å². The molecule has 0 radical (unpaired) electrons. The molecule has 176 valence electrons.